The Kier molecular flexibility index (Phi) is 3.79. The zero-order valence-corrected chi connectivity index (χ0v) is 11.1. The lowest BCUT2D eigenvalue weighted by molar-refractivity contribution is 0.0983. The molecule has 0 saturated heterocycles. The van der Waals surface area contributed by atoms with Gasteiger partial charge < -0.3 is 20.8 Å². The van der Waals surface area contributed by atoms with Gasteiger partial charge >= 0.3 is 0 Å². The topological polar surface area (TPSA) is 86.8 Å². The van der Waals surface area contributed by atoms with E-state index in [9.17, 15) is 15.0 Å². The van der Waals surface area contributed by atoms with Crippen molar-refractivity contribution in [3.8, 4) is 11.5 Å². The van der Waals surface area contributed by atoms with Crippen molar-refractivity contribution in [1.82, 2.24) is 0 Å². The molecular formula is C15H16N2O3. The third kappa shape index (κ3) is 2.51. The third-order valence-electron chi connectivity index (χ3n) is 3.00. The van der Waals surface area contributed by atoms with E-state index >= 15 is 0 Å². The highest BCUT2D eigenvalue weighted by molar-refractivity contribution is 6.09. The van der Waals surface area contributed by atoms with E-state index in [2.05, 4.69) is 0 Å². The van der Waals surface area contributed by atoms with Gasteiger partial charge in [-0.1, -0.05) is 6.07 Å². The Labute approximate surface area is 116 Å². The summed E-state index contributed by atoms with van der Waals surface area (Å²) in [5, 5.41) is 19.5. The Morgan fingerprint density at radius 3 is 2.15 bits per heavy atom. The first-order chi connectivity index (χ1) is 9.54. The third-order valence-corrected chi connectivity index (χ3v) is 3.00. The van der Waals surface area contributed by atoms with Gasteiger partial charge in [-0.15, -0.1) is 0 Å². The smallest absolute Gasteiger partial charge is 0.265 e. The molecule has 0 spiro atoms. The van der Waals surface area contributed by atoms with E-state index in [0.29, 0.717) is 17.9 Å². The van der Waals surface area contributed by atoms with Crippen LogP contribution < -0.4 is 10.6 Å². The lowest BCUT2D eigenvalue weighted by Crippen LogP contribution is -2.30. The van der Waals surface area contributed by atoms with Crippen LogP contribution in [-0.2, 0) is 0 Å². The van der Waals surface area contributed by atoms with Crippen molar-refractivity contribution in [2.45, 2.75) is 6.92 Å². The van der Waals surface area contributed by atoms with Crippen molar-refractivity contribution < 1.29 is 15.0 Å². The standard InChI is InChI=1S/C15H16N2O3/c1-2-17(11-8-6-10(16)7-9-11)15(20)14-12(18)4-3-5-13(14)19/h3-9,18-19H,2,16H2,1H3. The van der Waals surface area contributed by atoms with E-state index in [1.165, 1.54) is 23.1 Å². The van der Waals surface area contributed by atoms with Gasteiger partial charge in [0.15, 0.2) is 0 Å². The number of carbonyl (C=O) groups is 1. The molecule has 0 atom stereocenters. The average Bonchev–Trinajstić information content (AvgIpc) is 2.41. The van der Waals surface area contributed by atoms with Crippen LogP contribution in [0.5, 0.6) is 11.5 Å². The maximum absolute atomic E-state index is 12.5. The molecule has 0 heterocycles. The molecule has 0 aliphatic heterocycles. The summed E-state index contributed by atoms with van der Waals surface area (Å²) in [4.78, 5) is 13.9. The van der Waals surface area contributed by atoms with Crippen LogP contribution in [0.3, 0.4) is 0 Å². The predicted molar refractivity (Wildman–Crippen MR) is 78.0 cm³/mol. The number of benzene rings is 2. The second-order valence-corrected chi connectivity index (χ2v) is 4.31. The van der Waals surface area contributed by atoms with Gasteiger partial charge in [0.25, 0.3) is 5.91 Å². The van der Waals surface area contributed by atoms with Crippen LogP contribution >= 0.6 is 0 Å². The number of amides is 1. The number of nitrogens with zero attached hydrogens (tertiary/aromatic N) is 1. The molecule has 0 radical (unpaired) electrons. The predicted octanol–water partition coefficient (Wildman–Crippen LogP) is 2.35. The number of anilines is 2. The van der Waals surface area contributed by atoms with Crippen molar-refractivity contribution in [1.29, 1.82) is 0 Å². The van der Waals surface area contributed by atoms with Gasteiger partial charge in [0, 0.05) is 17.9 Å². The highest BCUT2D eigenvalue weighted by Gasteiger charge is 2.22. The highest BCUT2D eigenvalue weighted by atomic mass is 16.3. The Hall–Kier alpha value is -2.69. The number of aromatic hydroxyl groups is 2. The molecule has 104 valence electrons. The lowest BCUT2D eigenvalue weighted by atomic mass is 10.1. The van der Waals surface area contributed by atoms with Crippen LogP contribution in [0.15, 0.2) is 42.5 Å². The van der Waals surface area contributed by atoms with Crippen LogP contribution in [0.1, 0.15) is 17.3 Å². The van der Waals surface area contributed by atoms with Gasteiger partial charge in [-0.05, 0) is 43.3 Å². The number of phenolic OH excluding ortho intramolecular Hbond substituents is 2. The molecule has 5 heteroatoms. The number of carbonyl (C=O) groups excluding carboxylic acids is 1. The molecule has 1 amide bonds. The first-order valence-corrected chi connectivity index (χ1v) is 6.23. The van der Waals surface area contributed by atoms with Crippen LogP contribution in [-0.4, -0.2) is 22.7 Å². The zero-order chi connectivity index (χ0) is 14.7. The van der Waals surface area contributed by atoms with Gasteiger partial charge in [-0.3, -0.25) is 4.79 Å². The second-order valence-electron chi connectivity index (χ2n) is 4.31. The summed E-state index contributed by atoms with van der Waals surface area (Å²) in [7, 11) is 0. The SMILES string of the molecule is CCN(C(=O)c1c(O)cccc1O)c1ccc(N)cc1. The quantitative estimate of drug-likeness (QED) is 0.748. The lowest BCUT2D eigenvalue weighted by Gasteiger charge is -2.22. The second kappa shape index (κ2) is 5.52. The summed E-state index contributed by atoms with van der Waals surface area (Å²) in [5.74, 6) is -0.958. The number of nitrogens with two attached hydrogens (primary N) is 1. The molecule has 5 nitrogen and oxygen atoms in total. The van der Waals surface area contributed by atoms with E-state index in [0.717, 1.165) is 0 Å². The molecule has 0 unspecified atom stereocenters. The fraction of sp³-hybridized carbons (Fsp3) is 0.133. The maximum atomic E-state index is 12.5. The monoisotopic (exact) mass is 272 g/mol. The first kappa shape index (κ1) is 13.7. The minimum absolute atomic E-state index is 0.105. The molecule has 4 N–H and O–H groups in total. The zero-order valence-electron chi connectivity index (χ0n) is 11.1. The van der Waals surface area contributed by atoms with Crippen LogP contribution in [0.2, 0.25) is 0 Å². The molecule has 0 aliphatic carbocycles. The van der Waals surface area contributed by atoms with Crippen molar-refractivity contribution in [3.05, 3.63) is 48.0 Å². The molecule has 0 aliphatic rings. The van der Waals surface area contributed by atoms with Crippen LogP contribution in [0.25, 0.3) is 0 Å². The fourth-order valence-electron chi connectivity index (χ4n) is 1.98. The molecule has 0 aromatic heterocycles. The minimum atomic E-state index is -0.465. The van der Waals surface area contributed by atoms with Gasteiger partial charge in [-0.2, -0.15) is 0 Å². The fourth-order valence-corrected chi connectivity index (χ4v) is 1.98. The van der Waals surface area contributed by atoms with E-state index < -0.39 is 5.91 Å². The van der Waals surface area contributed by atoms with Crippen molar-refractivity contribution >= 4 is 17.3 Å². The summed E-state index contributed by atoms with van der Waals surface area (Å²) < 4.78 is 0. The van der Waals surface area contributed by atoms with Crippen molar-refractivity contribution in [2.24, 2.45) is 0 Å². The molecule has 20 heavy (non-hydrogen) atoms. The van der Waals surface area contributed by atoms with Crippen molar-refractivity contribution in [2.75, 3.05) is 17.2 Å². The molecule has 0 bridgehead atoms. The summed E-state index contributed by atoms with van der Waals surface area (Å²) in [5.41, 5.74) is 6.76. The minimum Gasteiger partial charge on any atom is -0.507 e. The number of rotatable bonds is 3. The Morgan fingerprint density at radius 2 is 1.65 bits per heavy atom. The van der Waals surface area contributed by atoms with Gasteiger partial charge in [0.05, 0.1) is 0 Å². The molecular weight excluding hydrogens is 256 g/mol. The highest BCUT2D eigenvalue weighted by Crippen LogP contribution is 2.29. The van der Waals surface area contributed by atoms with Crippen molar-refractivity contribution in [3.63, 3.8) is 0 Å². The molecule has 2 rings (SSSR count). The summed E-state index contributed by atoms with van der Waals surface area (Å²) in [6.07, 6.45) is 0. The Bertz CT molecular complexity index is 603. The van der Waals surface area contributed by atoms with Gasteiger partial charge in [0.1, 0.15) is 17.1 Å². The maximum Gasteiger partial charge on any atom is 0.265 e. The molecule has 0 saturated carbocycles. The Morgan fingerprint density at radius 1 is 1.10 bits per heavy atom. The number of hydrogen-bond donors (Lipinski definition) is 3. The summed E-state index contributed by atoms with van der Waals surface area (Å²) in [6.45, 7) is 2.21. The first-order valence-electron chi connectivity index (χ1n) is 6.23. The summed E-state index contributed by atoms with van der Waals surface area (Å²) >= 11 is 0. The molecule has 2 aromatic rings. The number of nitrogen functional groups attached to an aromatic ring is 1. The van der Waals surface area contributed by atoms with Crippen LogP contribution in [0, 0.1) is 0 Å². The Balaban J connectivity index is 2.42. The van der Waals surface area contributed by atoms with E-state index in [-0.39, 0.29) is 17.1 Å². The molecule has 0 fully saturated rings. The number of hydrogen-bond acceptors (Lipinski definition) is 4. The van der Waals surface area contributed by atoms with E-state index in [4.69, 9.17) is 5.73 Å². The normalized spacial score (nSPS) is 10.2. The van der Waals surface area contributed by atoms with E-state index in [1.807, 2.05) is 6.92 Å². The van der Waals surface area contributed by atoms with Gasteiger partial charge in [0.2, 0.25) is 0 Å². The summed E-state index contributed by atoms with van der Waals surface area (Å²) in [6, 6.07) is 11.0. The number of phenols is 2. The largest absolute Gasteiger partial charge is 0.507 e. The average molecular weight is 272 g/mol. The molecule has 2 aromatic carbocycles. The van der Waals surface area contributed by atoms with E-state index in [1.54, 1.807) is 24.3 Å². The van der Waals surface area contributed by atoms with Crippen LogP contribution in [0.4, 0.5) is 11.4 Å². The van der Waals surface area contributed by atoms with Gasteiger partial charge in [-0.25, -0.2) is 0 Å².